The van der Waals surface area contributed by atoms with Gasteiger partial charge in [0.1, 0.15) is 17.6 Å². The van der Waals surface area contributed by atoms with E-state index in [4.69, 9.17) is 16.3 Å². The summed E-state index contributed by atoms with van der Waals surface area (Å²) < 4.78 is 5.76. The molecule has 1 unspecified atom stereocenters. The van der Waals surface area contributed by atoms with Crippen molar-refractivity contribution in [3.8, 4) is 5.75 Å². The second kappa shape index (κ2) is 9.18. The molecule has 1 aromatic heterocycles. The topological polar surface area (TPSA) is 66.8 Å². The second-order valence-electron chi connectivity index (χ2n) is 7.90. The molecule has 32 heavy (non-hydrogen) atoms. The van der Waals surface area contributed by atoms with Crippen LogP contribution in [0.3, 0.4) is 0 Å². The van der Waals surface area contributed by atoms with E-state index >= 15 is 0 Å². The van der Waals surface area contributed by atoms with Crippen LogP contribution in [-0.2, 0) is 9.59 Å². The number of ether oxygens (including phenoxy) is 1. The van der Waals surface area contributed by atoms with Gasteiger partial charge in [-0.25, -0.2) is 0 Å². The van der Waals surface area contributed by atoms with Crippen LogP contribution < -0.4 is 9.64 Å². The molecule has 1 amide bonds. The van der Waals surface area contributed by atoms with Gasteiger partial charge in [0.15, 0.2) is 0 Å². The van der Waals surface area contributed by atoms with E-state index < -0.39 is 17.7 Å². The Morgan fingerprint density at radius 3 is 2.59 bits per heavy atom. The Morgan fingerprint density at radius 2 is 1.91 bits per heavy atom. The van der Waals surface area contributed by atoms with Gasteiger partial charge >= 0.3 is 0 Å². The maximum Gasteiger partial charge on any atom is 0.300 e. The molecule has 5 nitrogen and oxygen atoms in total. The maximum absolute atomic E-state index is 13.1. The van der Waals surface area contributed by atoms with Crippen LogP contribution in [-0.4, -0.2) is 23.4 Å². The molecule has 0 radical (unpaired) electrons. The molecule has 164 valence electrons. The third kappa shape index (κ3) is 4.29. The minimum absolute atomic E-state index is 0.0402. The standard InChI is InChI=1S/C25H22ClNO4S/c1-15(2)14-31-19-9-3-6-16(12-19)23(28)21-22(20-10-5-11-32-20)27(25(30)24(21)29)18-8-4-7-17(26)13-18/h3-13,15,22,28H,14H2,1-2H3/b23-21-. The summed E-state index contributed by atoms with van der Waals surface area (Å²) in [5.74, 6) is -0.760. The van der Waals surface area contributed by atoms with Gasteiger partial charge in [0.25, 0.3) is 11.7 Å². The molecule has 0 aliphatic carbocycles. The Balaban J connectivity index is 1.83. The fourth-order valence-electron chi connectivity index (χ4n) is 3.59. The fourth-order valence-corrected chi connectivity index (χ4v) is 4.60. The van der Waals surface area contributed by atoms with Gasteiger partial charge in [0.05, 0.1) is 12.2 Å². The average Bonchev–Trinajstić information content (AvgIpc) is 3.39. The number of aliphatic hydroxyl groups is 1. The summed E-state index contributed by atoms with van der Waals surface area (Å²) >= 11 is 7.56. The number of ketones is 1. The highest BCUT2D eigenvalue weighted by Crippen LogP contribution is 2.44. The first-order valence-corrected chi connectivity index (χ1v) is 11.5. The van der Waals surface area contributed by atoms with Gasteiger partial charge in [-0.05, 0) is 47.7 Å². The molecule has 0 saturated carbocycles. The average molecular weight is 468 g/mol. The van der Waals surface area contributed by atoms with Crippen LogP contribution in [0.4, 0.5) is 5.69 Å². The molecule has 1 atom stereocenters. The van der Waals surface area contributed by atoms with Crippen molar-refractivity contribution in [1.82, 2.24) is 0 Å². The summed E-state index contributed by atoms with van der Waals surface area (Å²) in [6.45, 7) is 4.61. The van der Waals surface area contributed by atoms with Crippen LogP contribution in [0.5, 0.6) is 5.75 Å². The third-order valence-electron chi connectivity index (χ3n) is 5.03. The van der Waals surface area contributed by atoms with E-state index in [0.717, 1.165) is 4.88 Å². The number of nitrogens with zero attached hydrogens (tertiary/aromatic N) is 1. The van der Waals surface area contributed by atoms with E-state index in [1.54, 1.807) is 48.5 Å². The van der Waals surface area contributed by atoms with Crippen LogP contribution >= 0.6 is 22.9 Å². The number of hydrogen-bond donors (Lipinski definition) is 1. The molecule has 2 heterocycles. The lowest BCUT2D eigenvalue weighted by Crippen LogP contribution is -2.29. The van der Waals surface area contributed by atoms with Crippen molar-refractivity contribution in [3.05, 3.63) is 87.1 Å². The van der Waals surface area contributed by atoms with Gasteiger partial charge in [-0.3, -0.25) is 14.5 Å². The zero-order valence-corrected chi connectivity index (χ0v) is 19.2. The molecule has 0 bridgehead atoms. The normalized spacial score (nSPS) is 17.9. The highest BCUT2D eigenvalue weighted by molar-refractivity contribution is 7.10. The number of hydrogen-bond acceptors (Lipinski definition) is 5. The number of Topliss-reactive ketones (excluding diaryl/α,β-unsaturated/α-hetero) is 1. The smallest absolute Gasteiger partial charge is 0.300 e. The van der Waals surface area contributed by atoms with E-state index in [9.17, 15) is 14.7 Å². The van der Waals surface area contributed by atoms with Crippen LogP contribution in [0.2, 0.25) is 5.02 Å². The number of anilines is 1. The first-order chi connectivity index (χ1) is 15.4. The van der Waals surface area contributed by atoms with Crippen LogP contribution in [0.15, 0.2) is 71.6 Å². The van der Waals surface area contributed by atoms with Crippen LogP contribution in [0, 0.1) is 5.92 Å². The Labute approximate surface area is 195 Å². The molecule has 1 aliphatic rings. The number of aliphatic hydroxyl groups excluding tert-OH is 1. The molecule has 7 heteroatoms. The monoisotopic (exact) mass is 467 g/mol. The molecule has 3 aromatic rings. The molecule has 2 aromatic carbocycles. The number of carbonyl (C=O) groups excluding carboxylic acids is 2. The van der Waals surface area contributed by atoms with Crippen molar-refractivity contribution < 1.29 is 19.4 Å². The summed E-state index contributed by atoms with van der Waals surface area (Å²) in [6.07, 6.45) is 0. The van der Waals surface area contributed by atoms with E-state index in [0.29, 0.717) is 34.5 Å². The van der Waals surface area contributed by atoms with Gasteiger partial charge in [-0.2, -0.15) is 0 Å². The number of thiophene rings is 1. The molecule has 1 fully saturated rings. The summed E-state index contributed by atoms with van der Waals surface area (Å²) in [5.41, 5.74) is 0.946. The van der Waals surface area contributed by atoms with Crippen molar-refractivity contribution in [1.29, 1.82) is 0 Å². The Bertz CT molecular complexity index is 1190. The summed E-state index contributed by atoms with van der Waals surface area (Å²) in [4.78, 5) is 28.4. The zero-order valence-electron chi connectivity index (χ0n) is 17.6. The first-order valence-electron chi connectivity index (χ1n) is 10.2. The van der Waals surface area contributed by atoms with E-state index in [2.05, 4.69) is 0 Å². The van der Waals surface area contributed by atoms with E-state index in [1.807, 2.05) is 31.4 Å². The van der Waals surface area contributed by atoms with Crippen molar-refractivity contribution in [2.24, 2.45) is 5.92 Å². The predicted octanol–water partition coefficient (Wildman–Crippen LogP) is 6.06. The first kappa shape index (κ1) is 22.1. The van der Waals surface area contributed by atoms with Gasteiger partial charge in [0.2, 0.25) is 0 Å². The Morgan fingerprint density at radius 1 is 1.12 bits per heavy atom. The number of carbonyl (C=O) groups is 2. The molecule has 4 rings (SSSR count). The summed E-state index contributed by atoms with van der Waals surface area (Å²) in [5, 5.41) is 13.5. The quantitative estimate of drug-likeness (QED) is 0.272. The Kier molecular flexibility index (Phi) is 6.35. The highest BCUT2D eigenvalue weighted by Gasteiger charge is 2.47. The summed E-state index contributed by atoms with van der Waals surface area (Å²) in [6, 6.07) is 16.6. The van der Waals surface area contributed by atoms with Crippen molar-refractivity contribution in [2.75, 3.05) is 11.5 Å². The Hall–Kier alpha value is -3.09. The largest absolute Gasteiger partial charge is 0.507 e. The third-order valence-corrected chi connectivity index (χ3v) is 6.19. The van der Waals surface area contributed by atoms with E-state index in [-0.39, 0.29) is 11.3 Å². The predicted molar refractivity (Wildman–Crippen MR) is 127 cm³/mol. The maximum atomic E-state index is 13.1. The minimum atomic E-state index is -0.756. The lowest BCUT2D eigenvalue weighted by molar-refractivity contribution is -0.132. The van der Waals surface area contributed by atoms with Crippen molar-refractivity contribution in [2.45, 2.75) is 19.9 Å². The zero-order chi connectivity index (χ0) is 22.8. The van der Waals surface area contributed by atoms with Gasteiger partial charge in [-0.1, -0.05) is 49.7 Å². The van der Waals surface area contributed by atoms with Crippen molar-refractivity contribution in [3.63, 3.8) is 0 Å². The molecule has 0 spiro atoms. The number of benzene rings is 2. The van der Waals surface area contributed by atoms with Gasteiger partial charge < -0.3 is 9.84 Å². The fraction of sp³-hybridized carbons (Fsp3) is 0.200. The van der Waals surface area contributed by atoms with Crippen LogP contribution in [0.25, 0.3) is 5.76 Å². The van der Waals surface area contributed by atoms with Crippen molar-refractivity contribution >= 4 is 46.1 Å². The summed E-state index contributed by atoms with van der Waals surface area (Å²) in [7, 11) is 0. The second-order valence-corrected chi connectivity index (χ2v) is 9.31. The number of amides is 1. The molecular weight excluding hydrogens is 446 g/mol. The van der Waals surface area contributed by atoms with E-state index in [1.165, 1.54) is 16.2 Å². The van der Waals surface area contributed by atoms with Crippen LogP contribution in [0.1, 0.15) is 30.3 Å². The lowest BCUT2D eigenvalue weighted by atomic mass is 9.99. The molecule has 1 N–H and O–H groups in total. The molecular formula is C25H22ClNO4S. The van der Waals surface area contributed by atoms with Gasteiger partial charge in [-0.15, -0.1) is 11.3 Å². The molecule has 1 saturated heterocycles. The SMILES string of the molecule is CC(C)COc1cccc(/C(O)=C2/C(=O)C(=O)N(c3cccc(Cl)c3)C2c2cccs2)c1. The number of rotatable bonds is 6. The highest BCUT2D eigenvalue weighted by atomic mass is 35.5. The number of halogens is 1. The minimum Gasteiger partial charge on any atom is -0.507 e. The molecule has 1 aliphatic heterocycles. The van der Waals surface area contributed by atoms with Gasteiger partial charge in [0, 0.05) is 21.2 Å². The lowest BCUT2D eigenvalue weighted by Gasteiger charge is -2.24.